The quantitative estimate of drug-likeness (QED) is 0.234. The van der Waals surface area contributed by atoms with Gasteiger partial charge in [-0.25, -0.2) is 19.3 Å². The van der Waals surface area contributed by atoms with Gasteiger partial charge in [-0.05, 0) is 50.1 Å². The SMILES string of the molecule is C=CC(=O)N1CCC(Nc2cc3c(Nc4ccc(Oc5ccnc(N6CCOC[C@H]6C)c5)cc4F)ncnc3cc2OC)CC1. The summed E-state index contributed by atoms with van der Waals surface area (Å²) in [5.41, 5.74) is 1.65. The van der Waals surface area contributed by atoms with Gasteiger partial charge in [0.15, 0.2) is 0 Å². The fourth-order valence-corrected chi connectivity index (χ4v) is 5.67. The standard InChI is InChI=1S/C33H36FN7O4/c1-4-32(42)40-11-8-22(9-12-40)38-29-17-25-28(18-30(29)43-3)36-20-37-33(25)39-27-6-5-23(15-26(27)34)45-24-7-10-35-31(16-24)41-13-14-44-19-21(41)2/h4-7,10,15-18,20-22,38H,1,8-9,11-14,19H2,2-3H3,(H,36,37,39)/t21-/m1/s1. The van der Waals surface area contributed by atoms with Gasteiger partial charge in [0, 0.05) is 55.5 Å². The Kier molecular flexibility index (Phi) is 8.92. The Bertz CT molecular complexity index is 1700. The fourth-order valence-electron chi connectivity index (χ4n) is 5.67. The number of amides is 1. The highest BCUT2D eigenvalue weighted by molar-refractivity contribution is 5.95. The number of aromatic nitrogens is 3. The van der Waals surface area contributed by atoms with Gasteiger partial charge in [0.25, 0.3) is 0 Å². The Hall–Kier alpha value is -4.97. The second-order valence-electron chi connectivity index (χ2n) is 11.1. The first-order valence-electron chi connectivity index (χ1n) is 15.0. The molecule has 0 radical (unpaired) electrons. The number of methoxy groups -OCH3 is 1. The number of fused-ring (bicyclic) bond motifs is 1. The summed E-state index contributed by atoms with van der Waals surface area (Å²) in [5.74, 6) is 2.23. The van der Waals surface area contributed by atoms with E-state index in [-0.39, 0.29) is 23.7 Å². The van der Waals surface area contributed by atoms with E-state index in [4.69, 9.17) is 14.2 Å². The van der Waals surface area contributed by atoms with Gasteiger partial charge in [0.2, 0.25) is 5.91 Å². The molecular formula is C33H36FN7O4. The highest BCUT2D eigenvalue weighted by Gasteiger charge is 2.23. The summed E-state index contributed by atoms with van der Waals surface area (Å²) >= 11 is 0. The van der Waals surface area contributed by atoms with Gasteiger partial charge in [-0.2, -0.15) is 0 Å². The molecule has 0 aliphatic carbocycles. The topological polar surface area (TPSA) is 114 Å². The van der Waals surface area contributed by atoms with Crippen LogP contribution < -0.4 is 25.0 Å². The van der Waals surface area contributed by atoms with Crippen molar-refractivity contribution in [2.24, 2.45) is 0 Å². The van der Waals surface area contributed by atoms with Crippen LogP contribution in [0.2, 0.25) is 0 Å². The predicted octanol–water partition coefficient (Wildman–Crippen LogP) is 5.52. The molecule has 2 aliphatic heterocycles. The monoisotopic (exact) mass is 613 g/mol. The van der Waals surface area contributed by atoms with Crippen LogP contribution in [0.1, 0.15) is 19.8 Å². The number of hydrogen-bond acceptors (Lipinski definition) is 10. The van der Waals surface area contributed by atoms with Crippen LogP contribution in [-0.4, -0.2) is 77.8 Å². The van der Waals surface area contributed by atoms with Gasteiger partial charge in [0.05, 0.1) is 43.3 Å². The largest absolute Gasteiger partial charge is 0.495 e. The van der Waals surface area contributed by atoms with Crippen LogP contribution in [0.15, 0.2) is 67.6 Å². The van der Waals surface area contributed by atoms with Crippen molar-refractivity contribution in [2.45, 2.75) is 31.8 Å². The number of piperidine rings is 1. The molecule has 45 heavy (non-hydrogen) atoms. The minimum atomic E-state index is -0.497. The molecule has 12 heteroatoms. The zero-order valence-electron chi connectivity index (χ0n) is 25.3. The number of morpholine rings is 1. The van der Waals surface area contributed by atoms with E-state index in [9.17, 15) is 4.79 Å². The zero-order valence-corrected chi connectivity index (χ0v) is 25.3. The molecule has 11 nitrogen and oxygen atoms in total. The van der Waals surface area contributed by atoms with Crippen LogP contribution in [0.3, 0.4) is 0 Å². The van der Waals surface area contributed by atoms with E-state index in [1.165, 1.54) is 18.5 Å². The number of benzene rings is 2. The van der Waals surface area contributed by atoms with E-state index >= 15 is 4.39 Å². The van der Waals surface area contributed by atoms with E-state index < -0.39 is 5.82 Å². The zero-order chi connectivity index (χ0) is 31.3. The Morgan fingerprint density at radius 2 is 1.89 bits per heavy atom. The number of halogens is 1. The highest BCUT2D eigenvalue weighted by Crippen LogP contribution is 2.35. The molecule has 0 bridgehead atoms. The number of rotatable bonds is 9. The molecular weight excluding hydrogens is 577 g/mol. The van der Waals surface area contributed by atoms with Crippen molar-refractivity contribution in [3.63, 3.8) is 0 Å². The van der Waals surface area contributed by atoms with Gasteiger partial charge >= 0.3 is 0 Å². The molecule has 1 atom stereocenters. The molecule has 2 aromatic heterocycles. The number of anilines is 4. The average Bonchev–Trinajstić information content (AvgIpc) is 3.06. The summed E-state index contributed by atoms with van der Waals surface area (Å²) < 4.78 is 32.6. The smallest absolute Gasteiger partial charge is 0.245 e. The molecule has 2 saturated heterocycles. The predicted molar refractivity (Wildman–Crippen MR) is 171 cm³/mol. The maximum Gasteiger partial charge on any atom is 0.245 e. The van der Waals surface area contributed by atoms with Gasteiger partial charge in [0.1, 0.15) is 41.0 Å². The van der Waals surface area contributed by atoms with Gasteiger partial charge < -0.3 is 34.6 Å². The van der Waals surface area contributed by atoms with Gasteiger partial charge in [-0.3, -0.25) is 4.79 Å². The van der Waals surface area contributed by atoms with E-state index in [2.05, 4.69) is 44.0 Å². The molecule has 2 N–H and O–H groups in total. The molecule has 0 spiro atoms. The molecule has 2 aliphatic rings. The van der Waals surface area contributed by atoms with Crippen molar-refractivity contribution in [1.82, 2.24) is 19.9 Å². The molecule has 1 amide bonds. The number of hydrogen-bond donors (Lipinski definition) is 2. The first-order valence-corrected chi connectivity index (χ1v) is 15.0. The van der Waals surface area contributed by atoms with Crippen molar-refractivity contribution < 1.29 is 23.4 Å². The molecule has 2 fully saturated rings. The number of pyridine rings is 1. The van der Waals surface area contributed by atoms with Crippen molar-refractivity contribution in [3.05, 3.63) is 73.5 Å². The molecule has 2 aromatic carbocycles. The van der Waals surface area contributed by atoms with E-state index in [0.717, 1.165) is 30.9 Å². The lowest BCUT2D eigenvalue weighted by atomic mass is 10.0. The molecule has 0 saturated carbocycles. The van der Waals surface area contributed by atoms with E-state index in [1.807, 2.05) is 18.2 Å². The maximum atomic E-state index is 15.4. The molecule has 6 rings (SSSR count). The first-order chi connectivity index (χ1) is 21.9. The van der Waals surface area contributed by atoms with Crippen LogP contribution in [0.4, 0.5) is 27.4 Å². The van der Waals surface area contributed by atoms with E-state index in [0.29, 0.717) is 60.3 Å². The van der Waals surface area contributed by atoms with Crippen molar-refractivity contribution >= 4 is 39.8 Å². The number of likely N-dealkylation sites (tertiary alicyclic amines) is 1. The lowest BCUT2D eigenvalue weighted by Gasteiger charge is -2.34. The Labute approximate surface area is 261 Å². The number of carbonyl (C=O) groups is 1. The second kappa shape index (κ2) is 13.3. The minimum Gasteiger partial charge on any atom is -0.495 e. The summed E-state index contributed by atoms with van der Waals surface area (Å²) in [6.07, 6.45) is 6.02. The Morgan fingerprint density at radius 3 is 2.64 bits per heavy atom. The lowest BCUT2D eigenvalue weighted by Crippen LogP contribution is -2.44. The Balaban J connectivity index is 1.18. The molecule has 4 heterocycles. The summed E-state index contributed by atoms with van der Waals surface area (Å²) in [7, 11) is 1.60. The normalized spacial score (nSPS) is 17.2. The van der Waals surface area contributed by atoms with E-state index in [1.54, 1.807) is 36.4 Å². The first kappa shape index (κ1) is 30.1. The van der Waals surface area contributed by atoms with Crippen molar-refractivity contribution in [3.8, 4) is 17.2 Å². The summed E-state index contributed by atoms with van der Waals surface area (Å²) in [4.78, 5) is 29.2. The number of nitrogens with one attached hydrogen (secondary N) is 2. The minimum absolute atomic E-state index is 0.0543. The van der Waals surface area contributed by atoms with Crippen LogP contribution >= 0.6 is 0 Å². The third kappa shape index (κ3) is 6.75. The summed E-state index contributed by atoms with van der Waals surface area (Å²) in [5, 5.41) is 7.37. The lowest BCUT2D eigenvalue weighted by molar-refractivity contribution is -0.126. The fraction of sp³-hybridized carbons (Fsp3) is 0.333. The third-order valence-electron chi connectivity index (χ3n) is 8.11. The second-order valence-corrected chi connectivity index (χ2v) is 11.1. The summed E-state index contributed by atoms with van der Waals surface area (Å²) in [6, 6.07) is 12.3. The highest BCUT2D eigenvalue weighted by atomic mass is 19.1. The van der Waals surface area contributed by atoms with Crippen LogP contribution in [-0.2, 0) is 9.53 Å². The average molecular weight is 614 g/mol. The summed E-state index contributed by atoms with van der Waals surface area (Å²) in [6.45, 7) is 8.97. The van der Waals surface area contributed by atoms with Crippen LogP contribution in [0.5, 0.6) is 17.2 Å². The number of nitrogens with zero attached hydrogens (tertiary/aromatic N) is 5. The van der Waals surface area contributed by atoms with Crippen LogP contribution in [0, 0.1) is 5.82 Å². The van der Waals surface area contributed by atoms with Gasteiger partial charge in [-0.15, -0.1) is 0 Å². The Morgan fingerprint density at radius 1 is 1.07 bits per heavy atom. The van der Waals surface area contributed by atoms with Crippen molar-refractivity contribution in [2.75, 3.05) is 55.5 Å². The van der Waals surface area contributed by atoms with Crippen LogP contribution in [0.25, 0.3) is 10.9 Å². The maximum absolute atomic E-state index is 15.4. The molecule has 0 unspecified atom stereocenters. The molecule has 234 valence electrons. The number of ether oxygens (including phenoxy) is 3. The van der Waals surface area contributed by atoms with Gasteiger partial charge in [-0.1, -0.05) is 6.58 Å². The van der Waals surface area contributed by atoms with Crippen molar-refractivity contribution in [1.29, 1.82) is 0 Å². The third-order valence-corrected chi connectivity index (χ3v) is 8.11. The molecule has 4 aromatic rings. The number of carbonyl (C=O) groups excluding carboxylic acids is 1.